The molecule has 0 saturated carbocycles. The van der Waals surface area contributed by atoms with Crippen molar-refractivity contribution in [3.05, 3.63) is 22.4 Å². The fourth-order valence-corrected chi connectivity index (χ4v) is 3.55. The summed E-state index contributed by atoms with van der Waals surface area (Å²) in [5.41, 5.74) is 5.97. The Morgan fingerprint density at radius 3 is 2.83 bits per heavy atom. The second-order valence-electron chi connectivity index (χ2n) is 5.22. The molecule has 4 heteroatoms. The maximum absolute atomic E-state index is 5.98. The molecular formula is C14H24N2OS. The van der Waals surface area contributed by atoms with Crippen LogP contribution in [0.15, 0.2) is 17.5 Å². The first kappa shape index (κ1) is 14.0. The molecule has 1 aromatic rings. The SMILES string of the molecule is CC1CCC(C(CN)N(C)C(C)c2cccs2)O1. The molecule has 2 heterocycles. The average molecular weight is 268 g/mol. The van der Waals surface area contributed by atoms with Crippen LogP contribution in [0.25, 0.3) is 0 Å². The molecule has 2 N–H and O–H groups in total. The van der Waals surface area contributed by atoms with Crippen LogP contribution in [0.4, 0.5) is 0 Å². The van der Waals surface area contributed by atoms with E-state index in [0.717, 1.165) is 12.8 Å². The summed E-state index contributed by atoms with van der Waals surface area (Å²) in [6.07, 6.45) is 2.96. The van der Waals surface area contributed by atoms with Gasteiger partial charge in [-0.15, -0.1) is 11.3 Å². The van der Waals surface area contributed by atoms with Gasteiger partial charge >= 0.3 is 0 Å². The van der Waals surface area contributed by atoms with E-state index in [1.165, 1.54) is 4.88 Å². The van der Waals surface area contributed by atoms with E-state index in [2.05, 4.69) is 43.3 Å². The summed E-state index contributed by atoms with van der Waals surface area (Å²) in [7, 11) is 2.16. The summed E-state index contributed by atoms with van der Waals surface area (Å²) in [5.74, 6) is 0. The largest absolute Gasteiger partial charge is 0.374 e. The quantitative estimate of drug-likeness (QED) is 0.892. The van der Waals surface area contributed by atoms with Crippen molar-refractivity contribution in [2.75, 3.05) is 13.6 Å². The van der Waals surface area contributed by atoms with Crippen LogP contribution < -0.4 is 5.73 Å². The third kappa shape index (κ3) is 2.94. The van der Waals surface area contributed by atoms with Gasteiger partial charge in [0.1, 0.15) is 0 Å². The zero-order chi connectivity index (χ0) is 13.1. The first-order chi connectivity index (χ1) is 8.63. The molecule has 0 aromatic carbocycles. The second kappa shape index (κ2) is 6.15. The van der Waals surface area contributed by atoms with Crippen LogP contribution in [-0.4, -0.2) is 36.7 Å². The molecule has 0 radical (unpaired) electrons. The maximum atomic E-state index is 5.98. The van der Waals surface area contributed by atoms with Gasteiger partial charge in [-0.05, 0) is 45.2 Å². The molecule has 1 aliphatic heterocycles. The Labute approximate surface area is 114 Å². The molecule has 0 amide bonds. The van der Waals surface area contributed by atoms with E-state index < -0.39 is 0 Å². The Morgan fingerprint density at radius 1 is 1.56 bits per heavy atom. The summed E-state index contributed by atoms with van der Waals surface area (Å²) in [5, 5.41) is 2.13. The third-order valence-corrected chi connectivity index (χ3v) is 5.07. The van der Waals surface area contributed by atoms with E-state index in [4.69, 9.17) is 10.5 Å². The van der Waals surface area contributed by atoms with Crippen molar-refractivity contribution in [3.63, 3.8) is 0 Å². The minimum absolute atomic E-state index is 0.289. The first-order valence-corrected chi connectivity index (χ1v) is 7.62. The highest BCUT2D eigenvalue weighted by Crippen LogP contribution is 2.30. The molecule has 0 aliphatic carbocycles. The molecule has 4 atom stereocenters. The molecule has 0 spiro atoms. The molecular weight excluding hydrogens is 244 g/mol. The van der Waals surface area contributed by atoms with E-state index in [9.17, 15) is 0 Å². The van der Waals surface area contributed by atoms with Crippen molar-refractivity contribution in [2.45, 2.75) is 51.0 Å². The van der Waals surface area contributed by atoms with Crippen LogP contribution in [0.5, 0.6) is 0 Å². The predicted octanol–water partition coefficient (Wildman–Crippen LogP) is 2.64. The fraction of sp³-hybridized carbons (Fsp3) is 0.714. The summed E-state index contributed by atoms with van der Waals surface area (Å²) in [6.45, 7) is 5.05. The van der Waals surface area contributed by atoms with Gasteiger partial charge in [-0.1, -0.05) is 6.07 Å². The Kier molecular flexibility index (Phi) is 4.78. The smallest absolute Gasteiger partial charge is 0.0747 e. The monoisotopic (exact) mass is 268 g/mol. The van der Waals surface area contributed by atoms with Gasteiger partial charge in [0, 0.05) is 23.5 Å². The van der Waals surface area contributed by atoms with Crippen molar-refractivity contribution >= 4 is 11.3 Å². The maximum Gasteiger partial charge on any atom is 0.0747 e. The van der Waals surface area contributed by atoms with Crippen molar-refractivity contribution in [1.82, 2.24) is 4.90 Å². The van der Waals surface area contributed by atoms with E-state index in [1.54, 1.807) is 0 Å². The van der Waals surface area contributed by atoms with E-state index in [1.807, 2.05) is 11.3 Å². The molecule has 4 unspecified atom stereocenters. The highest BCUT2D eigenvalue weighted by Gasteiger charge is 2.33. The van der Waals surface area contributed by atoms with Gasteiger partial charge in [0.05, 0.1) is 12.2 Å². The highest BCUT2D eigenvalue weighted by molar-refractivity contribution is 7.10. The van der Waals surface area contributed by atoms with Crippen LogP contribution in [-0.2, 0) is 4.74 Å². The topological polar surface area (TPSA) is 38.5 Å². The lowest BCUT2D eigenvalue weighted by Crippen LogP contribution is -2.47. The summed E-state index contributed by atoms with van der Waals surface area (Å²) >= 11 is 1.81. The Hall–Kier alpha value is -0.420. The standard InChI is InChI=1S/C14H24N2OS/c1-10-6-7-13(17-10)12(9-15)16(3)11(2)14-5-4-8-18-14/h4-5,8,10-13H,6-7,9,15H2,1-3H3. The average Bonchev–Trinajstić information content (AvgIpc) is 3.00. The number of hydrogen-bond acceptors (Lipinski definition) is 4. The Morgan fingerprint density at radius 2 is 2.33 bits per heavy atom. The van der Waals surface area contributed by atoms with Crippen molar-refractivity contribution in [3.8, 4) is 0 Å². The van der Waals surface area contributed by atoms with Crippen LogP contribution >= 0.6 is 11.3 Å². The lowest BCUT2D eigenvalue weighted by Gasteiger charge is -2.35. The molecule has 1 aliphatic rings. The Bertz CT molecular complexity index is 355. The molecule has 1 saturated heterocycles. The predicted molar refractivity (Wildman–Crippen MR) is 76.9 cm³/mol. The molecule has 2 rings (SSSR count). The van der Waals surface area contributed by atoms with Gasteiger partial charge < -0.3 is 10.5 Å². The molecule has 1 aromatic heterocycles. The highest BCUT2D eigenvalue weighted by atomic mass is 32.1. The third-order valence-electron chi connectivity index (χ3n) is 4.02. The van der Waals surface area contributed by atoms with Crippen LogP contribution in [0.1, 0.15) is 37.6 Å². The van der Waals surface area contributed by atoms with E-state index >= 15 is 0 Å². The summed E-state index contributed by atoms with van der Waals surface area (Å²) < 4.78 is 5.98. The number of nitrogens with zero attached hydrogens (tertiary/aromatic N) is 1. The van der Waals surface area contributed by atoms with Crippen LogP contribution in [0.2, 0.25) is 0 Å². The van der Waals surface area contributed by atoms with Gasteiger partial charge in [0.2, 0.25) is 0 Å². The zero-order valence-corrected chi connectivity index (χ0v) is 12.3. The Balaban J connectivity index is 2.03. The number of likely N-dealkylation sites (N-methyl/N-ethyl adjacent to an activating group) is 1. The van der Waals surface area contributed by atoms with Crippen LogP contribution in [0, 0.1) is 0 Å². The van der Waals surface area contributed by atoms with Gasteiger partial charge in [0.25, 0.3) is 0 Å². The van der Waals surface area contributed by atoms with E-state index in [-0.39, 0.29) is 6.10 Å². The number of ether oxygens (including phenoxy) is 1. The second-order valence-corrected chi connectivity index (χ2v) is 6.20. The number of thiophene rings is 1. The first-order valence-electron chi connectivity index (χ1n) is 6.74. The molecule has 102 valence electrons. The van der Waals surface area contributed by atoms with E-state index in [0.29, 0.717) is 24.7 Å². The van der Waals surface area contributed by atoms with Crippen molar-refractivity contribution in [1.29, 1.82) is 0 Å². The van der Waals surface area contributed by atoms with Gasteiger partial charge in [-0.25, -0.2) is 0 Å². The summed E-state index contributed by atoms with van der Waals surface area (Å²) in [4.78, 5) is 3.76. The van der Waals surface area contributed by atoms with Crippen molar-refractivity contribution in [2.24, 2.45) is 5.73 Å². The number of nitrogens with two attached hydrogens (primary N) is 1. The summed E-state index contributed by atoms with van der Waals surface area (Å²) in [6, 6.07) is 5.01. The number of hydrogen-bond donors (Lipinski definition) is 1. The molecule has 0 bridgehead atoms. The molecule has 1 fully saturated rings. The number of rotatable bonds is 5. The van der Waals surface area contributed by atoms with Gasteiger partial charge in [-0.3, -0.25) is 4.90 Å². The molecule has 18 heavy (non-hydrogen) atoms. The van der Waals surface area contributed by atoms with Crippen LogP contribution in [0.3, 0.4) is 0 Å². The van der Waals surface area contributed by atoms with Crippen molar-refractivity contribution < 1.29 is 4.74 Å². The minimum Gasteiger partial charge on any atom is -0.374 e. The lowest BCUT2D eigenvalue weighted by molar-refractivity contribution is -0.00657. The lowest BCUT2D eigenvalue weighted by atomic mass is 10.0. The minimum atomic E-state index is 0.289. The normalized spacial score (nSPS) is 27.6. The van der Waals surface area contributed by atoms with Gasteiger partial charge in [-0.2, -0.15) is 0 Å². The zero-order valence-electron chi connectivity index (χ0n) is 11.5. The fourth-order valence-electron chi connectivity index (χ4n) is 2.71. The van der Waals surface area contributed by atoms with Gasteiger partial charge in [0.15, 0.2) is 0 Å². The molecule has 3 nitrogen and oxygen atoms in total.